The van der Waals surface area contributed by atoms with Gasteiger partial charge in [-0.05, 0) is 129 Å². The lowest BCUT2D eigenvalue weighted by molar-refractivity contribution is 0.661. The van der Waals surface area contributed by atoms with E-state index >= 15 is 0 Å². The lowest BCUT2D eigenvalue weighted by Gasteiger charge is -2.25. The van der Waals surface area contributed by atoms with Gasteiger partial charge >= 0.3 is 0 Å². The highest BCUT2D eigenvalue weighted by Gasteiger charge is 2.38. The van der Waals surface area contributed by atoms with Gasteiger partial charge in [0.25, 0.3) is 0 Å². The summed E-state index contributed by atoms with van der Waals surface area (Å²) in [7, 11) is 0. The summed E-state index contributed by atoms with van der Waals surface area (Å²) >= 11 is 0. The number of rotatable bonds is 3. The predicted octanol–water partition coefficient (Wildman–Crippen LogP) is 17.4. The molecule has 0 N–H and O–H groups in total. The molecular weight excluding hydrogens is 765 g/mol. The van der Waals surface area contributed by atoms with Crippen LogP contribution >= 0.6 is 0 Å². The van der Waals surface area contributed by atoms with Gasteiger partial charge in [-0.25, -0.2) is 0 Å². The highest BCUT2D eigenvalue weighted by molar-refractivity contribution is 6.26. The van der Waals surface area contributed by atoms with Crippen molar-refractivity contribution in [2.75, 3.05) is 0 Å². The predicted molar refractivity (Wildman–Crippen MR) is 265 cm³/mol. The zero-order valence-electron chi connectivity index (χ0n) is 34.8. The molecule has 0 unspecified atom stereocenters. The summed E-state index contributed by atoms with van der Waals surface area (Å²) in [5, 5.41) is 14.3. The lowest BCUT2D eigenvalue weighted by atomic mass is 9.78. The lowest BCUT2D eigenvalue weighted by Crippen LogP contribution is -2.16. The van der Waals surface area contributed by atoms with Crippen molar-refractivity contribution in [1.82, 2.24) is 0 Å². The van der Waals surface area contributed by atoms with E-state index in [-0.39, 0.29) is 5.41 Å². The summed E-state index contributed by atoms with van der Waals surface area (Å²) in [4.78, 5) is 0. The monoisotopic (exact) mass is 802 g/mol. The third-order valence-electron chi connectivity index (χ3n) is 14.2. The van der Waals surface area contributed by atoms with Crippen LogP contribution in [0, 0.1) is 0 Å². The van der Waals surface area contributed by atoms with Crippen LogP contribution in [-0.4, -0.2) is 0 Å². The van der Waals surface area contributed by atoms with Crippen molar-refractivity contribution in [3.8, 4) is 44.5 Å². The van der Waals surface area contributed by atoms with Crippen molar-refractivity contribution in [2.24, 2.45) is 0 Å². The van der Waals surface area contributed by atoms with Crippen molar-refractivity contribution < 1.29 is 8.83 Å². The molecule has 0 saturated carbocycles. The van der Waals surface area contributed by atoms with E-state index in [0.29, 0.717) is 0 Å². The van der Waals surface area contributed by atoms with E-state index in [2.05, 4.69) is 196 Å². The first-order valence-electron chi connectivity index (χ1n) is 21.9. The first-order valence-corrected chi connectivity index (χ1v) is 21.9. The Hall–Kier alpha value is -7.94. The molecule has 294 valence electrons. The van der Waals surface area contributed by atoms with Crippen LogP contribution in [0.2, 0.25) is 0 Å². The van der Waals surface area contributed by atoms with Crippen molar-refractivity contribution in [2.45, 2.75) is 19.3 Å². The van der Waals surface area contributed by atoms with Crippen molar-refractivity contribution >= 4 is 87.0 Å². The minimum atomic E-state index is -0.252. The van der Waals surface area contributed by atoms with Crippen LogP contribution in [0.15, 0.2) is 203 Å². The summed E-state index contributed by atoms with van der Waals surface area (Å²) in [6.07, 6.45) is 0. The van der Waals surface area contributed by atoms with Gasteiger partial charge in [-0.3, -0.25) is 0 Å². The van der Waals surface area contributed by atoms with Crippen molar-refractivity contribution in [1.29, 1.82) is 0 Å². The first-order chi connectivity index (χ1) is 31.0. The second-order valence-electron chi connectivity index (χ2n) is 17.9. The number of para-hydroxylation sites is 1. The maximum absolute atomic E-state index is 6.83. The molecule has 1 aliphatic rings. The molecule has 14 rings (SSSR count). The molecule has 0 bridgehead atoms. The van der Waals surface area contributed by atoms with Gasteiger partial charge < -0.3 is 8.83 Å². The zero-order chi connectivity index (χ0) is 41.6. The molecule has 0 atom stereocenters. The average Bonchev–Trinajstić information content (AvgIpc) is 3.95. The molecule has 0 spiro atoms. The van der Waals surface area contributed by atoms with E-state index in [0.717, 1.165) is 43.9 Å². The van der Waals surface area contributed by atoms with E-state index in [1.807, 2.05) is 12.1 Å². The molecule has 0 radical (unpaired) electrons. The minimum Gasteiger partial charge on any atom is -0.456 e. The Kier molecular flexibility index (Phi) is 6.93. The van der Waals surface area contributed by atoms with Crippen LogP contribution in [0.1, 0.15) is 25.0 Å². The summed E-state index contributed by atoms with van der Waals surface area (Å²) in [6.45, 7) is 4.79. The van der Waals surface area contributed by atoms with Gasteiger partial charge in [-0.1, -0.05) is 178 Å². The molecule has 0 fully saturated rings. The number of fused-ring (bicyclic) bond motifs is 14. The quantitative estimate of drug-likeness (QED) is 0.166. The van der Waals surface area contributed by atoms with E-state index in [4.69, 9.17) is 8.83 Å². The van der Waals surface area contributed by atoms with E-state index in [9.17, 15) is 0 Å². The van der Waals surface area contributed by atoms with Gasteiger partial charge in [-0.2, -0.15) is 0 Å². The summed E-state index contributed by atoms with van der Waals surface area (Å²) in [6, 6.07) is 71.2. The Labute approximate surface area is 363 Å². The average molecular weight is 803 g/mol. The van der Waals surface area contributed by atoms with Crippen molar-refractivity contribution in [3.05, 3.63) is 205 Å². The Bertz CT molecular complexity index is 4060. The number of hydrogen-bond acceptors (Lipinski definition) is 2. The molecule has 11 aromatic carbocycles. The molecule has 0 amide bonds. The maximum atomic E-state index is 6.83. The van der Waals surface area contributed by atoms with Crippen LogP contribution in [0.3, 0.4) is 0 Å². The normalized spacial score (nSPS) is 13.4. The fraction of sp³-hybridized carbons (Fsp3) is 0.0492. The number of benzene rings is 11. The molecule has 2 heteroatoms. The van der Waals surface area contributed by atoms with Crippen LogP contribution in [0.4, 0.5) is 0 Å². The van der Waals surface area contributed by atoms with Gasteiger partial charge in [0.05, 0.1) is 0 Å². The Morgan fingerprint density at radius 2 is 0.857 bits per heavy atom. The molecule has 2 nitrogen and oxygen atoms in total. The molecule has 1 aliphatic carbocycles. The number of furan rings is 2. The van der Waals surface area contributed by atoms with Gasteiger partial charge in [0, 0.05) is 27.0 Å². The highest BCUT2D eigenvalue weighted by atomic mass is 16.3. The van der Waals surface area contributed by atoms with E-state index < -0.39 is 0 Å². The molecule has 2 aromatic heterocycles. The third-order valence-corrected chi connectivity index (χ3v) is 14.2. The molecule has 2 heterocycles. The van der Waals surface area contributed by atoms with Crippen LogP contribution in [0.25, 0.3) is 131 Å². The Balaban J connectivity index is 0.981. The second-order valence-corrected chi connectivity index (χ2v) is 17.9. The van der Waals surface area contributed by atoms with Gasteiger partial charge in [-0.15, -0.1) is 0 Å². The molecular formula is C61H38O2. The summed E-state index contributed by atoms with van der Waals surface area (Å²) in [5.74, 6) is 0. The largest absolute Gasteiger partial charge is 0.456 e. The fourth-order valence-electron chi connectivity index (χ4n) is 11.5. The topological polar surface area (TPSA) is 26.3 Å². The van der Waals surface area contributed by atoms with Crippen LogP contribution in [0.5, 0.6) is 0 Å². The van der Waals surface area contributed by atoms with Gasteiger partial charge in [0.2, 0.25) is 0 Å². The molecule has 13 aromatic rings. The highest BCUT2D eigenvalue weighted by Crippen LogP contribution is 2.55. The minimum absolute atomic E-state index is 0.252. The summed E-state index contributed by atoms with van der Waals surface area (Å²) in [5.41, 5.74) is 16.0. The van der Waals surface area contributed by atoms with E-state index in [1.54, 1.807) is 0 Å². The third kappa shape index (κ3) is 4.73. The van der Waals surface area contributed by atoms with E-state index in [1.165, 1.54) is 98.7 Å². The van der Waals surface area contributed by atoms with Crippen molar-refractivity contribution in [3.63, 3.8) is 0 Å². The Morgan fingerprint density at radius 3 is 1.62 bits per heavy atom. The second kappa shape index (κ2) is 12.6. The summed E-state index contributed by atoms with van der Waals surface area (Å²) < 4.78 is 13.2. The van der Waals surface area contributed by atoms with Crippen LogP contribution < -0.4 is 0 Å². The maximum Gasteiger partial charge on any atom is 0.136 e. The molecule has 63 heavy (non-hydrogen) atoms. The standard InChI is InChI=1S/C61H38O2/c1-61(2)52-30-29-36(57-42-21-7-9-23-44(42)58(45-24-10-8-22-43(45)57)40-25-13-16-35-15-3-4-17-37(35)40)31-49(52)47-27-14-26-46(60(47)61)48-32-56-59(41-20-6-5-18-38(41)48)51-34-54-50(33-55(51)63-56)39-19-11-12-28-53(39)62-54/h3-34H,1-2H3. The SMILES string of the molecule is CC1(C)c2ccc(-c3c4ccccc4c(-c4cccc5ccccc45)c4ccccc34)cc2-c2cccc(-c3cc4oc5cc6c(cc5c4c4ccccc34)oc3ccccc36)c21. The Morgan fingerprint density at radius 1 is 0.317 bits per heavy atom. The molecule has 0 saturated heterocycles. The zero-order valence-corrected chi connectivity index (χ0v) is 34.8. The number of hydrogen-bond donors (Lipinski definition) is 0. The first kappa shape index (κ1) is 34.7. The molecule has 0 aliphatic heterocycles. The van der Waals surface area contributed by atoms with Gasteiger partial charge in [0.15, 0.2) is 0 Å². The smallest absolute Gasteiger partial charge is 0.136 e. The van der Waals surface area contributed by atoms with Crippen LogP contribution in [-0.2, 0) is 5.41 Å². The fourth-order valence-corrected chi connectivity index (χ4v) is 11.5. The van der Waals surface area contributed by atoms with Gasteiger partial charge in [0.1, 0.15) is 22.3 Å².